The molecule has 4 aromatic rings. The molecule has 0 N–H and O–H groups in total. The van der Waals surface area contributed by atoms with Crippen LogP contribution in [0.3, 0.4) is 0 Å². The molecule has 0 aromatic heterocycles. The summed E-state index contributed by atoms with van der Waals surface area (Å²) in [6.45, 7) is 2.64. The van der Waals surface area contributed by atoms with Gasteiger partial charge in [0.15, 0.2) is 35.2 Å². The van der Waals surface area contributed by atoms with Gasteiger partial charge in [0.05, 0.1) is 62.8 Å². The van der Waals surface area contributed by atoms with Gasteiger partial charge >= 0.3 is 17.7 Å². The van der Waals surface area contributed by atoms with Gasteiger partial charge in [0.25, 0.3) is 0 Å². The van der Waals surface area contributed by atoms with E-state index in [1.54, 1.807) is 49.6 Å². The van der Waals surface area contributed by atoms with Crippen LogP contribution >= 0.6 is 0 Å². The van der Waals surface area contributed by atoms with E-state index < -0.39 is 42.0 Å². The number of esters is 2. The summed E-state index contributed by atoms with van der Waals surface area (Å²) in [6.07, 6.45) is -2.71. The van der Waals surface area contributed by atoms with Crippen LogP contribution in [0.4, 0.5) is 0 Å². The second-order valence-electron chi connectivity index (χ2n) is 13.3. The third-order valence-electron chi connectivity index (χ3n) is 10.3. The minimum atomic E-state index is -1.89. The van der Waals surface area contributed by atoms with Crippen molar-refractivity contribution in [1.29, 1.82) is 0 Å². The lowest BCUT2D eigenvalue weighted by atomic mass is 9.73. The van der Waals surface area contributed by atoms with E-state index in [0.29, 0.717) is 85.3 Å². The van der Waals surface area contributed by atoms with E-state index in [1.165, 1.54) is 63.6 Å². The van der Waals surface area contributed by atoms with Crippen LogP contribution < -0.4 is 52.1 Å². The highest BCUT2D eigenvalue weighted by atomic mass is 16.7. The van der Waals surface area contributed by atoms with E-state index in [4.69, 9.17) is 61.6 Å². The van der Waals surface area contributed by atoms with Crippen LogP contribution in [-0.4, -0.2) is 81.0 Å². The van der Waals surface area contributed by atoms with Gasteiger partial charge < -0.3 is 61.6 Å². The Hall–Kier alpha value is -6.38. The van der Waals surface area contributed by atoms with Gasteiger partial charge in [0.2, 0.25) is 5.75 Å². The van der Waals surface area contributed by atoms with Gasteiger partial charge in [-0.2, -0.15) is 0 Å². The summed E-state index contributed by atoms with van der Waals surface area (Å²) in [5, 5.41) is 0. The lowest BCUT2D eigenvalue weighted by molar-refractivity contribution is -0.232. The van der Waals surface area contributed by atoms with Crippen molar-refractivity contribution in [2.45, 2.75) is 50.3 Å². The van der Waals surface area contributed by atoms with Crippen LogP contribution in [0, 0.1) is 0 Å². The predicted molar refractivity (Wildman–Crippen MR) is 201 cm³/mol. The summed E-state index contributed by atoms with van der Waals surface area (Å²) in [5.41, 5.74) is 2.61. The summed E-state index contributed by atoms with van der Waals surface area (Å²) in [5.74, 6) is 0.144. The summed E-state index contributed by atoms with van der Waals surface area (Å²) < 4.78 is 79.2. The van der Waals surface area contributed by atoms with Crippen LogP contribution in [0.5, 0.6) is 63.2 Å². The van der Waals surface area contributed by atoms with E-state index in [1.807, 2.05) is 6.07 Å². The van der Waals surface area contributed by atoms with E-state index in [-0.39, 0.29) is 12.2 Å². The third kappa shape index (κ3) is 6.40. The molecule has 0 fully saturated rings. The van der Waals surface area contributed by atoms with Crippen LogP contribution in [0.15, 0.2) is 48.5 Å². The fourth-order valence-electron chi connectivity index (χ4n) is 7.97. The van der Waals surface area contributed by atoms with E-state index >= 15 is 0 Å². The Morgan fingerprint density at radius 3 is 1.79 bits per heavy atom. The van der Waals surface area contributed by atoms with Crippen molar-refractivity contribution >= 4 is 11.9 Å². The van der Waals surface area contributed by atoms with Crippen LogP contribution in [0.1, 0.15) is 53.7 Å². The molecule has 57 heavy (non-hydrogen) atoms. The van der Waals surface area contributed by atoms with Crippen molar-refractivity contribution in [1.82, 2.24) is 0 Å². The molecule has 3 aliphatic rings. The molecular formula is C42H44O15. The lowest BCUT2D eigenvalue weighted by Gasteiger charge is -2.51. The molecule has 0 spiro atoms. The van der Waals surface area contributed by atoms with Gasteiger partial charge in [-0.15, -0.1) is 0 Å². The summed E-state index contributed by atoms with van der Waals surface area (Å²) in [7, 11) is 12.1. The SMILES string of the molecule is COc1cc(OC)c2c(c1)OC1(c3cc(OC)c(OC)c(OC)c3)Oc3cc(OC)c4c(c3C2C1OC(C)=O)OC(c1ccc(OC)c(OC)c1)C(OC(C)=O)C4. The molecule has 0 aliphatic carbocycles. The number of hydrogen-bond donors (Lipinski definition) is 0. The topological polar surface area (TPSA) is 154 Å². The van der Waals surface area contributed by atoms with Gasteiger partial charge in [-0.3, -0.25) is 9.59 Å². The van der Waals surface area contributed by atoms with Gasteiger partial charge in [-0.05, 0) is 24.3 Å². The third-order valence-corrected chi connectivity index (χ3v) is 10.3. The Bertz CT molecular complexity index is 2190. The quantitative estimate of drug-likeness (QED) is 0.153. The largest absolute Gasteiger partial charge is 0.496 e. The summed E-state index contributed by atoms with van der Waals surface area (Å²) in [6, 6.07) is 13.8. The molecule has 4 aromatic carbocycles. The highest BCUT2D eigenvalue weighted by molar-refractivity contribution is 5.72. The van der Waals surface area contributed by atoms with Gasteiger partial charge in [0.1, 0.15) is 40.6 Å². The normalized spacial score (nSPS) is 21.0. The van der Waals surface area contributed by atoms with Crippen LogP contribution in [0.2, 0.25) is 0 Å². The molecule has 302 valence electrons. The highest BCUT2D eigenvalue weighted by Crippen LogP contribution is 2.64. The zero-order chi connectivity index (χ0) is 40.8. The smallest absolute Gasteiger partial charge is 0.317 e. The van der Waals surface area contributed by atoms with E-state index in [9.17, 15) is 9.59 Å². The lowest BCUT2D eigenvalue weighted by Crippen LogP contribution is -2.59. The molecule has 0 radical (unpaired) electrons. The molecule has 3 aliphatic heterocycles. The van der Waals surface area contributed by atoms with Crippen molar-refractivity contribution in [2.24, 2.45) is 0 Å². The van der Waals surface area contributed by atoms with Gasteiger partial charge in [0, 0.05) is 66.3 Å². The number of hydrogen-bond acceptors (Lipinski definition) is 15. The molecule has 0 saturated heterocycles. The van der Waals surface area contributed by atoms with Crippen molar-refractivity contribution in [3.63, 3.8) is 0 Å². The molecule has 5 atom stereocenters. The fourth-order valence-corrected chi connectivity index (χ4v) is 7.97. The van der Waals surface area contributed by atoms with Gasteiger partial charge in [-0.1, -0.05) is 6.07 Å². The number of carbonyl (C=O) groups excluding carboxylic acids is 2. The molecule has 5 unspecified atom stereocenters. The van der Waals surface area contributed by atoms with E-state index in [0.717, 1.165) is 0 Å². The number of carbonyl (C=O) groups is 2. The van der Waals surface area contributed by atoms with Crippen LogP contribution in [-0.2, 0) is 31.3 Å². The first-order chi connectivity index (χ1) is 27.5. The molecule has 0 saturated carbocycles. The zero-order valence-corrected chi connectivity index (χ0v) is 33.3. The Morgan fingerprint density at radius 1 is 0.614 bits per heavy atom. The van der Waals surface area contributed by atoms with Gasteiger partial charge in [-0.25, -0.2) is 0 Å². The first-order valence-electron chi connectivity index (χ1n) is 17.9. The number of rotatable bonds is 12. The van der Waals surface area contributed by atoms with Crippen molar-refractivity contribution < 1.29 is 71.2 Å². The summed E-state index contributed by atoms with van der Waals surface area (Å²) >= 11 is 0. The minimum Gasteiger partial charge on any atom is -0.496 e. The van der Waals surface area contributed by atoms with Crippen molar-refractivity contribution in [3.8, 4) is 63.2 Å². The maximum Gasteiger partial charge on any atom is 0.317 e. The average Bonchev–Trinajstić information content (AvgIpc) is 3.21. The molecule has 15 heteroatoms. The molecule has 15 nitrogen and oxygen atoms in total. The first kappa shape index (κ1) is 38.9. The molecular weight excluding hydrogens is 744 g/mol. The average molecular weight is 789 g/mol. The highest BCUT2D eigenvalue weighted by Gasteiger charge is 2.63. The Labute approximate surface area is 329 Å². The number of methoxy groups -OCH3 is 8. The number of benzene rings is 4. The van der Waals surface area contributed by atoms with Crippen molar-refractivity contribution in [2.75, 3.05) is 56.9 Å². The second-order valence-corrected chi connectivity index (χ2v) is 13.3. The fraction of sp³-hybridized carbons (Fsp3) is 0.381. The zero-order valence-electron chi connectivity index (χ0n) is 33.3. The van der Waals surface area contributed by atoms with Crippen LogP contribution in [0.25, 0.3) is 0 Å². The maximum absolute atomic E-state index is 13.3. The number of ether oxygens (including phenoxy) is 13. The molecule has 7 rings (SSSR count). The predicted octanol–water partition coefficient (Wildman–Crippen LogP) is 6.06. The Balaban J connectivity index is 1.56. The summed E-state index contributed by atoms with van der Waals surface area (Å²) in [4.78, 5) is 25.8. The molecule has 2 bridgehead atoms. The molecule has 0 amide bonds. The minimum absolute atomic E-state index is 0.177. The Kier molecular flexibility index (Phi) is 10.4. The monoisotopic (exact) mass is 788 g/mol. The van der Waals surface area contributed by atoms with E-state index in [2.05, 4.69) is 0 Å². The second kappa shape index (κ2) is 15.3. The maximum atomic E-state index is 13.3. The Morgan fingerprint density at radius 2 is 1.23 bits per heavy atom. The first-order valence-corrected chi connectivity index (χ1v) is 17.9. The standard InChI is InChI=1S/C42H44O15/c1-20(43)53-34-18-25-27(47-5)19-31-36(39(25)55-38(34)22-11-12-26(46-4)28(13-22)48-6)37-35-29(49-7)16-24(45-3)17-30(35)56-42(57-31,41(37)54-21(2)44)23-14-32(50-8)40(52-10)33(15-23)51-9/h11-17,19,34,37-38,41H,18H2,1-10H3. The number of fused-ring (bicyclic) bond motifs is 8. The molecule has 3 heterocycles. The van der Waals surface area contributed by atoms with Crippen molar-refractivity contribution in [3.05, 3.63) is 76.3 Å².